The van der Waals surface area contributed by atoms with E-state index in [2.05, 4.69) is 42.6 Å². The van der Waals surface area contributed by atoms with E-state index in [1.54, 1.807) is 0 Å². The first kappa shape index (κ1) is 15.9. The van der Waals surface area contributed by atoms with E-state index in [0.717, 1.165) is 37.3 Å². The molecule has 2 N–H and O–H groups in total. The lowest BCUT2D eigenvalue weighted by atomic mass is 10.1. The molecule has 1 heterocycles. The van der Waals surface area contributed by atoms with E-state index >= 15 is 0 Å². The maximum absolute atomic E-state index is 5.55. The standard InChI is InChI=1S/C15H28N4/c1-5-14(6-2)19(11-12(3)4)15-17-9-13(7-8-16)10-18-15/h9-10,12,14H,5-8,11,16H2,1-4H3. The second kappa shape index (κ2) is 8.10. The van der Waals surface area contributed by atoms with Gasteiger partial charge < -0.3 is 10.6 Å². The molecule has 0 aliphatic heterocycles. The average Bonchev–Trinajstić information content (AvgIpc) is 2.40. The van der Waals surface area contributed by atoms with Crippen LogP contribution in [-0.4, -0.2) is 29.1 Å². The van der Waals surface area contributed by atoms with Crippen LogP contribution in [-0.2, 0) is 6.42 Å². The molecule has 1 aromatic heterocycles. The summed E-state index contributed by atoms with van der Waals surface area (Å²) in [5.41, 5.74) is 6.66. The van der Waals surface area contributed by atoms with Gasteiger partial charge in [0.25, 0.3) is 0 Å². The van der Waals surface area contributed by atoms with Gasteiger partial charge in [0.2, 0.25) is 5.95 Å². The van der Waals surface area contributed by atoms with Crippen molar-refractivity contribution in [2.75, 3.05) is 18.0 Å². The fraction of sp³-hybridized carbons (Fsp3) is 0.733. The van der Waals surface area contributed by atoms with Gasteiger partial charge in [0, 0.05) is 25.0 Å². The minimum atomic E-state index is 0.516. The van der Waals surface area contributed by atoms with Crippen LogP contribution in [0.25, 0.3) is 0 Å². The van der Waals surface area contributed by atoms with Crippen molar-refractivity contribution in [1.29, 1.82) is 0 Å². The highest BCUT2D eigenvalue weighted by Crippen LogP contribution is 2.18. The molecule has 0 saturated heterocycles. The summed E-state index contributed by atoms with van der Waals surface area (Å²) in [6.45, 7) is 10.6. The van der Waals surface area contributed by atoms with Crippen LogP contribution in [0.15, 0.2) is 12.4 Å². The number of rotatable bonds is 8. The highest BCUT2D eigenvalue weighted by Gasteiger charge is 2.19. The minimum Gasteiger partial charge on any atom is -0.338 e. The van der Waals surface area contributed by atoms with Crippen molar-refractivity contribution < 1.29 is 0 Å². The van der Waals surface area contributed by atoms with Crippen LogP contribution in [0.1, 0.15) is 46.1 Å². The van der Waals surface area contributed by atoms with E-state index < -0.39 is 0 Å². The molecule has 0 aliphatic carbocycles. The topological polar surface area (TPSA) is 55.0 Å². The molecule has 0 unspecified atom stereocenters. The van der Waals surface area contributed by atoms with Gasteiger partial charge in [0.15, 0.2) is 0 Å². The first-order chi connectivity index (χ1) is 9.12. The van der Waals surface area contributed by atoms with Gasteiger partial charge in [-0.05, 0) is 37.3 Å². The number of nitrogens with zero attached hydrogens (tertiary/aromatic N) is 3. The van der Waals surface area contributed by atoms with Gasteiger partial charge >= 0.3 is 0 Å². The van der Waals surface area contributed by atoms with Crippen LogP contribution in [0.2, 0.25) is 0 Å². The van der Waals surface area contributed by atoms with Crippen molar-refractivity contribution in [1.82, 2.24) is 9.97 Å². The largest absolute Gasteiger partial charge is 0.338 e. The Morgan fingerprint density at radius 1 is 1.16 bits per heavy atom. The molecule has 1 rings (SSSR count). The molecule has 0 saturated carbocycles. The Kier molecular flexibility index (Phi) is 6.78. The zero-order valence-electron chi connectivity index (χ0n) is 12.8. The van der Waals surface area contributed by atoms with Gasteiger partial charge in [0.05, 0.1) is 0 Å². The summed E-state index contributed by atoms with van der Waals surface area (Å²) in [5, 5.41) is 0. The molecule has 0 amide bonds. The van der Waals surface area contributed by atoms with Crippen LogP contribution in [0, 0.1) is 5.92 Å². The lowest BCUT2D eigenvalue weighted by molar-refractivity contribution is 0.498. The third-order valence-corrected chi connectivity index (χ3v) is 3.33. The van der Waals surface area contributed by atoms with E-state index in [9.17, 15) is 0 Å². The van der Waals surface area contributed by atoms with E-state index in [0.29, 0.717) is 18.5 Å². The number of hydrogen-bond donors (Lipinski definition) is 1. The van der Waals surface area contributed by atoms with Crippen LogP contribution in [0.5, 0.6) is 0 Å². The zero-order chi connectivity index (χ0) is 14.3. The molecular formula is C15H28N4. The number of aromatic nitrogens is 2. The summed E-state index contributed by atoms with van der Waals surface area (Å²) in [4.78, 5) is 11.4. The Hall–Kier alpha value is -1.16. The van der Waals surface area contributed by atoms with Crippen LogP contribution < -0.4 is 10.6 Å². The number of nitrogens with two attached hydrogens (primary N) is 1. The molecular weight excluding hydrogens is 236 g/mol. The Balaban J connectivity index is 2.89. The van der Waals surface area contributed by atoms with Crippen molar-refractivity contribution >= 4 is 5.95 Å². The predicted octanol–water partition coefficient (Wildman–Crippen LogP) is 2.63. The Morgan fingerprint density at radius 3 is 2.16 bits per heavy atom. The average molecular weight is 264 g/mol. The van der Waals surface area contributed by atoms with Gasteiger partial charge in [-0.1, -0.05) is 27.7 Å². The Bertz CT molecular complexity index is 344. The van der Waals surface area contributed by atoms with E-state index in [1.165, 1.54) is 0 Å². The van der Waals surface area contributed by atoms with E-state index in [1.807, 2.05) is 12.4 Å². The molecule has 0 aliphatic rings. The van der Waals surface area contributed by atoms with Crippen LogP contribution in [0.3, 0.4) is 0 Å². The number of hydrogen-bond acceptors (Lipinski definition) is 4. The minimum absolute atomic E-state index is 0.516. The normalized spacial score (nSPS) is 11.3. The highest BCUT2D eigenvalue weighted by atomic mass is 15.3. The summed E-state index contributed by atoms with van der Waals surface area (Å²) in [6.07, 6.45) is 6.90. The molecule has 0 fully saturated rings. The van der Waals surface area contributed by atoms with Gasteiger partial charge in [0.1, 0.15) is 0 Å². The summed E-state index contributed by atoms with van der Waals surface area (Å²) in [7, 11) is 0. The molecule has 0 atom stereocenters. The summed E-state index contributed by atoms with van der Waals surface area (Å²) < 4.78 is 0. The molecule has 108 valence electrons. The molecule has 0 radical (unpaired) electrons. The lowest BCUT2D eigenvalue weighted by Gasteiger charge is -2.32. The maximum Gasteiger partial charge on any atom is 0.225 e. The number of anilines is 1. The molecule has 1 aromatic rings. The molecule has 4 heteroatoms. The van der Waals surface area contributed by atoms with Gasteiger partial charge in [-0.15, -0.1) is 0 Å². The molecule has 4 nitrogen and oxygen atoms in total. The fourth-order valence-electron chi connectivity index (χ4n) is 2.31. The summed E-state index contributed by atoms with van der Waals surface area (Å²) >= 11 is 0. The van der Waals surface area contributed by atoms with Crippen LogP contribution >= 0.6 is 0 Å². The molecule has 0 aromatic carbocycles. The molecule has 0 bridgehead atoms. The van der Waals surface area contributed by atoms with E-state index in [4.69, 9.17) is 5.73 Å². The summed E-state index contributed by atoms with van der Waals surface area (Å²) in [5.74, 6) is 1.45. The second-order valence-electron chi connectivity index (χ2n) is 5.45. The highest BCUT2D eigenvalue weighted by molar-refractivity contribution is 5.32. The Morgan fingerprint density at radius 2 is 1.74 bits per heavy atom. The summed E-state index contributed by atoms with van der Waals surface area (Å²) in [6, 6.07) is 0.516. The third kappa shape index (κ3) is 4.78. The predicted molar refractivity (Wildman–Crippen MR) is 81.3 cm³/mol. The smallest absolute Gasteiger partial charge is 0.225 e. The van der Waals surface area contributed by atoms with Crippen molar-refractivity contribution in [3.05, 3.63) is 18.0 Å². The first-order valence-corrected chi connectivity index (χ1v) is 7.39. The zero-order valence-corrected chi connectivity index (χ0v) is 12.8. The van der Waals surface area contributed by atoms with Gasteiger partial charge in [-0.25, -0.2) is 9.97 Å². The van der Waals surface area contributed by atoms with E-state index in [-0.39, 0.29) is 0 Å². The second-order valence-corrected chi connectivity index (χ2v) is 5.45. The first-order valence-electron chi connectivity index (χ1n) is 7.39. The quantitative estimate of drug-likeness (QED) is 0.784. The van der Waals surface area contributed by atoms with Gasteiger partial charge in [-0.2, -0.15) is 0 Å². The molecule has 19 heavy (non-hydrogen) atoms. The van der Waals surface area contributed by atoms with Crippen molar-refractivity contribution in [3.63, 3.8) is 0 Å². The van der Waals surface area contributed by atoms with Crippen LogP contribution in [0.4, 0.5) is 5.95 Å². The van der Waals surface area contributed by atoms with Crippen molar-refractivity contribution in [2.45, 2.75) is 53.0 Å². The van der Waals surface area contributed by atoms with Crippen molar-refractivity contribution in [3.8, 4) is 0 Å². The molecule has 0 spiro atoms. The SMILES string of the molecule is CCC(CC)N(CC(C)C)c1ncc(CCN)cn1. The Labute approximate surface area is 117 Å². The van der Waals surface area contributed by atoms with Gasteiger partial charge in [-0.3, -0.25) is 0 Å². The monoisotopic (exact) mass is 264 g/mol. The lowest BCUT2D eigenvalue weighted by Crippen LogP contribution is -2.38. The van der Waals surface area contributed by atoms with Crippen molar-refractivity contribution in [2.24, 2.45) is 11.7 Å². The fourth-order valence-corrected chi connectivity index (χ4v) is 2.31. The third-order valence-electron chi connectivity index (χ3n) is 3.33. The maximum atomic E-state index is 5.55.